The number of rotatable bonds is 4. The molecule has 0 unspecified atom stereocenters. The largest absolute Gasteiger partial charge is 0.490 e. The fourth-order valence-electron chi connectivity index (χ4n) is 1.60. The Kier molecular flexibility index (Phi) is 10.5. The van der Waals surface area contributed by atoms with Crippen molar-refractivity contribution in [3.8, 4) is 5.75 Å². The van der Waals surface area contributed by atoms with E-state index >= 15 is 0 Å². The highest BCUT2D eigenvalue weighted by Gasteiger charge is 2.06. The molecule has 0 aliphatic heterocycles. The molecule has 2 aromatic carbocycles. The highest BCUT2D eigenvalue weighted by atomic mass is 35.5. The third-order valence-corrected chi connectivity index (χ3v) is 3.93. The van der Waals surface area contributed by atoms with Crippen molar-refractivity contribution in [2.45, 2.75) is 20.8 Å². The summed E-state index contributed by atoms with van der Waals surface area (Å²) in [5.41, 5.74) is 19.1. The lowest BCUT2D eigenvalue weighted by atomic mass is 10.2. The summed E-state index contributed by atoms with van der Waals surface area (Å²) in [5.74, 6) is -0.181. The lowest BCUT2D eigenvalue weighted by Crippen LogP contribution is -2.13. The number of nitrogen functional groups attached to an aromatic ring is 3. The number of hydrogen-bond donors (Lipinski definition) is 4. The first-order valence-corrected chi connectivity index (χ1v) is 9.82. The molecule has 0 atom stereocenters. The van der Waals surface area contributed by atoms with Crippen molar-refractivity contribution in [2.24, 2.45) is 0 Å². The van der Waals surface area contributed by atoms with Crippen LogP contribution in [0.15, 0.2) is 36.4 Å². The molecule has 0 amide bonds. The van der Waals surface area contributed by atoms with Crippen molar-refractivity contribution in [1.29, 1.82) is 0 Å². The number of ether oxygens (including phenoxy) is 1. The van der Waals surface area contributed by atoms with Crippen LogP contribution in [0.25, 0.3) is 0 Å². The molecule has 146 valence electrons. The zero-order valence-corrected chi connectivity index (χ0v) is 16.6. The van der Waals surface area contributed by atoms with E-state index in [-0.39, 0.29) is 6.61 Å². The van der Waals surface area contributed by atoms with E-state index in [1.165, 1.54) is 6.07 Å². The molecule has 7 nitrogen and oxygen atoms in total. The third kappa shape index (κ3) is 9.97. The third-order valence-electron chi connectivity index (χ3n) is 2.82. The molecular formula is C17H26ClN3O4S. The van der Waals surface area contributed by atoms with Crippen LogP contribution in [0.1, 0.15) is 19.4 Å². The number of benzene rings is 2. The van der Waals surface area contributed by atoms with Gasteiger partial charge in [-0.2, -0.15) is 8.42 Å². The van der Waals surface area contributed by atoms with Gasteiger partial charge in [0.05, 0.1) is 5.69 Å². The Balaban J connectivity index is 0.000000484. The molecule has 0 fully saturated rings. The Morgan fingerprint density at radius 1 is 1.04 bits per heavy atom. The summed E-state index contributed by atoms with van der Waals surface area (Å²) < 4.78 is 34.3. The summed E-state index contributed by atoms with van der Waals surface area (Å²) in [6.07, 6.45) is 0. The molecule has 7 N–H and O–H groups in total. The van der Waals surface area contributed by atoms with E-state index in [0.717, 1.165) is 16.3 Å². The summed E-state index contributed by atoms with van der Waals surface area (Å²) in [5, 5.41) is 0.768. The maximum Gasteiger partial charge on any atom is 0.268 e. The van der Waals surface area contributed by atoms with Gasteiger partial charge in [-0.05, 0) is 42.8 Å². The molecule has 26 heavy (non-hydrogen) atoms. The van der Waals surface area contributed by atoms with E-state index in [9.17, 15) is 8.42 Å². The van der Waals surface area contributed by atoms with Crippen molar-refractivity contribution in [3.05, 3.63) is 47.0 Å². The van der Waals surface area contributed by atoms with E-state index in [2.05, 4.69) is 0 Å². The van der Waals surface area contributed by atoms with E-state index in [1.807, 2.05) is 26.8 Å². The molecule has 0 heterocycles. The average Bonchev–Trinajstić information content (AvgIpc) is 2.56. The summed E-state index contributed by atoms with van der Waals surface area (Å²) in [4.78, 5) is 0. The van der Waals surface area contributed by atoms with Gasteiger partial charge in [-0.25, -0.2) is 0 Å². The minimum Gasteiger partial charge on any atom is -0.490 e. The van der Waals surface area contributed by atoms with E-state index in [4.69, 9.17) is 38.1 Å². The molecular weight excluding hydrogens is 378 g/mol. The van der Waals surface area contributed by atoms with Gasteiger partial charge in [-0.15, -0.1) is 0 Å². The molecule has 2 rings (SSSR count). The van der Waals surface area contributed by atoms with Crippen molar-refractivity contribution >= 4 is 38.8 Å². The van der Waals surface area contributed by atoms with Gasteiger partial charge in [0.2, 0.25) is 0 Å². The van der Waals surface area contributed by atoms with Crippen molar-refractivity contribution in [3.63, 3.8) is 0 Å². The normalized spacial score (nSPS) is 10.0. The number of halogens is 1. The van der Waals surface area contributed by atoms with E-state index in [0.29, 0.717) is 17.1 Å². The standard InChI is InChI=1S/C8H12N2O4S.C7H8ClN.C2H6/c9-6-1-2-7(10)8(5-6)14-3-4-15(11,12)13;1-5-4-6(9)2-3-7(5)8;1-2/h1-2,5H,3-4,9-10H2,(H,11,12,13);2-4H,9H2,1H3;1-2H3. The van der Waals surface area contributed by atoms with Gasteiger partial charge in [0.1, 0.15) is 18.1 Å². The lowest BCUT2D eigenvalue weighted by molar-refractivity contribution is 0.337. The van der Waals surface area contributed by atoms with Crippen LogP contribution in [-0.4, -0.2) is 25.3 Å². The van der Waals surface area contributed by atoms with Gasteiger partial charge in [0.25, 0.3) is 10.1 Å². The maximum atomic E-state index is 10.4. The predicted molar refractivity (Wildman–Crippen MR) is 109 cm³/mol. The van der Waals surface area contributed by atoms with Gasteiger partial charge in [-0.1, -0.05) is 25.4 Å². The van der Waals surface area contributed by atoms with Gasteiger partial charge in [0.15, 0.2) is 0 Å². The Bertz CT molecular complexity index is 799. The smallest absolute Gasteiger partial charge is 0.268 e. The summed E-state index contributed by atoms with van der Waals surface area (Å²) in [6, 6.07) is 10.1. The maximum absolute atomic E-state index is 10.4. The first-order chi connectivity index (χ1) is 12.1. The van der Waals surface area contributed by atoms with Gasteiger partial charge < -0.3 is 21.9 Å². The Morgan fingerprint density at radius 3 is 2.08 bits per heavy atom. The molecule has 0 aliphatic rings. The van der Waals surface area contributed by atoms with E-state index in [1.54, 1.807) is 24.3 Å². The molecule has 0 bridgehead atoms. The van der Waals surface area contributed by atoms with Gasteiger partial charge in [0, 0.05) is 22.5 Å². The molecule has 9 heteroatoms. The van der Waals surface area contributed by atoms with Crippen LogP contribution in [0.5, 0.6) is 5.75 Å². The average molecular weight is 404 g/mol. The van der Waals surface area contributed by atoms with Gasteiger partial charge in [-0.3, -0.25) is 4.55 Å². The number of anilines is 3. The highest BCUT2D eigenvalue weighted by Crippen LogP contribution is 2.23. The topological polar surface area (TPSA) is 142 Å². The van der Waals surface area contributed by atoms with Crippen LogP contribution in [0, 0.1) is 6.92 Å². The van der Waals surface area contributed by atoms with Crippen molar-refractivity contribution in [2.75, 3.05) is 29.6 Å². The van der Waals surface area contributed by atoms with Crippen LogP contribution < -0.4 is 21.9 Å². The fraction of sp³-hybridized carbons (Fsp3) is 0.294. The Labute approximate surface area is 159 Å². The molecule has 0 saturated heterocycles. The van der Waals surface area contributed by atoms with Crippen LogP contribution >= 0.6 is 11.6 Å². The van der Waals surface area contributed by atoms with Gasteiger partial charge >= 0.3 is 0 Å². The quantitative estimate of drug-likeness (QED) is 0.452. The molecule has 0 saturated carbocycles. The minimum atomic E-state index is -4.01. The molecule has 2 aromatic rings. The van der Waals surface area contributed by atoms with Crippen LogP contribution in [0.3, 0.4) is 0 Å². The summed E-state index contributed by atoms with van der Waals surface area (Å²) in [7, 11) is -4.01. The molecule has 0 aromatic heterocycles. The second-order valence-corrected chi connectivity index (χ2v) is 6.92. The number of aryl methyl sites for hydroxylation is 1. The number of hydrogen-bond acceptors (Lipinski definition) is 6. The molecule has 0 spiro atoms. The fourth-order valence-corrected chi connectivity index (χ4v) is 2.01. The monoisotopic (exact) mass is 403 g/mol. The van der Waals surface area contributed by atoms with E-state index < -0.39 is 15.9 Å². The summed E-state index contributed by atoms with van der Waals surface area (Å²) in [6.45, 7) is 5.76. The van der Waals surface area contributed by atoms with Crippen molar-refractivity contribution < 1.29 is 17.7 Å². The first-order valence-electron chi connectivity index (χ1n) is 7.83. The van der Waals surface area contributed by atoms with Crippen LogP contribution in [0.2, 0.25) is 5.02 Å². The molecule has 0 aliphatic carbocycles. The van der Waals surface area contributed by atoms with Crippen LogP contribution in [0.4, 0.5) is 17.1 Å². The predicted octanol–water partition coefficient (Wildman–Crippen LogP) is 3.37. The van der Waals surface area contributed by atoms with Crippen molar-refractivity contribution in [1.82, 2.24) is 0 Å². The zero-order chi connectivity index (χ0) is 20.3. The molecule has 0 radical (unpaired) electrons. The lowest BCUT2D eigenvalue weighted by Gasteiger charge is -2.08. The second-order valence-electron chi connectivity index (χ2n) is 4.94. The number of nitrogens with two attached hydrogens (primary N) is 3. The SMILES string of the molecule is CC.Cc1cc(N)ccc1Cl.Nc1ccc(N)c(OCCS(=O)(=O)O)c1. The van der Waals surface area contributed by atoms with Crippen LogP contribution in [-0.2, 0) is 10.1 Å². The summed E-state index contributed by atoms with van der Waals surface area (Å²) >= 11 is 5.73. The Hall–Kier alpha value is -2.16. The zero-order valence-electron chi connectivity index (χ0n) is 15.1. The highest BCUT2D eigenvalue weighted by molar-refractivity contribution is 7.85. The first kappa shape index (κ1) is 23.8. The Morgan fingerprint density at radius 2 is 1.58 bits per heavy atom. The minimum absolute atomic E-state index is 0.174. The second kappa shape index (κ2) is 11.5.